The number of furan rings is 1. The number of ketones is 2. The molecule has 35 heavy (non-hydrogen) atoms. The molecule has 1 aromatic heterocycles. The zero-order chi connectivity index (χ0) is 24.7. The highest BCUT2D eigenvalue weighted by atomic mass is 79.9. The molecule has 2 N–H and O–H groups in total. The minimum absolute atomic E-state index is 0.159. The molecular weight excluding hydrogens is 514 g/mol. The molecule has 0 radical (unpaired) electrons. The fourth-order valence-electron chi connectivity index (χ4n) is 6.83. The van der Waals surface area contributed by atoms with Crippen LogP contribution in [0.5, 0.6) is 0 Å². The van der Waals surface area contributed by atoms with Gasteiger partial charge in [0.2, 0.25) is 0 Å². The number of fused-ring (bicyclic) bond motifs is 5. The van der Waals surface area contributed by atoms with Gasteiger partial charge in [0.1, 0.15) is 18.9 Å². The summed E-state index contributed by atoms with van der Waals surface area (Å²) in [4.78, 5) is 34.0. The lowest BCUT2D eigenvalue weighted by molar-refractivity contribution is -0.255. The fourth-order valence-corrected chi connectivity index (χ4v) is 7.17. The normalized spacial score (nSPS) is 33.9. The van der Waals surface area contributed by atoms with Gasteiger partial charge in [0, 0.05) is 22.5 Å². The first-order valence-corrected chi connectivity index (χ1v) is 13.0. The Morgan fingerprint density at radius 1 is 1.26 bits per heavy atom. The number of halogens is 1. The van der Waals surface area contributed by atoms with Crippen LogP contribution in [0.3, 0.4) is 0 Å². The van der Waals surface area contributed by atoms with Gasteiger partial charge in [-0.05, 0) is 77.4 Å². The zero-order valence-corrected chi connectivity index (χ0v) is 21.4. The van der Waals surface area contributed by atoms with Crippen molar-refractivity contribution in [1.29, 1.82) is 0 Å². The largest absolute Gasteiger partial charge is 0.452 e. The van der Waals surface area contributed by atoms with E-state index in [9.17, 15) is 19.8 Å². The molecule has 6 rings (SSSR count). The molecule has 0 fully saturated rings. The van der Waals surface area contributed by atoms with Crippen molar-refractivity contribution < 1.29 is 29.1 Å². The Morgan fingerprint density at radius 2 is 2.06 bits per heavy atom. The molecule has 0 spiro atoms. The highest BCUT2D eigenvalue weighted by molar-refractivity contribution is 9.10. The van der Waals surface area contributed by atoms with Gasteiger partial charge in [-0.2, -0.15) is 0 Å². The lowest BCUT2D eigenvalue weighted by Gasteiger charge is -2.57. The third kappa shape index (κ3) is 3.06. The summed E-state index contributed by atoms with van der Waals surface area (Å²) in [6.07, 6.45) is 6.34. The van der Waals surface area contributed by atoms with Crippen LogP contribution in [0.25, 0.3) is 0 Å². The van der Waals surface area contributed by atoms with E-state index in [0.717, 1.165) is 30.5 Å². The number of carbonyl (C=O) groups excluding carboxylic acids is 2. The van der Waals surface area contributed by atoms with Crippen LogP contribution in [0.2, 0.25) is 0 Å². The Morgan fingerprint density at radius 3 is 2.77 bits per heavy atom. The molecule has 4 aliphatic carbocycles. The van der Waals surface area contributed by atoms with E-state index >= 15 is 0 Å². The molecule has 184 valence electrons. The lowest BCUT2D eigenvalue weighted by Crippen LogP contribution is -2.66. The smallest absolute Gasteiger partial charge is 0.198 e. The molecule has 1 aromatic rings. The Labute approximate surface area is 211 Å². The topological polar surface area (TPSA) is 100 Å². The maximum absolute atomic E-state index is 13.8. The van der Waals surface area contributed by atoms with Crippen LogP contribution in [0.15, 0.2) is 66.9 Å². The standard InChI is InChI=1S/C27H28BrNO6/c1-14-8-20-21(31)10-19-18-9-15-4-3-5-17(15)25(18)29(12-16-6-7-24(28)34-16)35-27(19,23(33)13-30)26(20,2)11-22(14)32/h6-8,10,14,22,30,32H,3-5,9,11-13H2,1-2H3/t14-,22-,26-,27+/m0/s1. The van der Waals surface area contributed by atoms with Crippen molar-refractivity contribution in [3.05, 3.63) is 68.3 Å². The van der Waals surface area contributed by atoms with Crippen molar-refractivity contribution in [1.82, 2.24) is 5.06 Å². The summed E-state index contributed by atoms with van der Waals surface area (Å²) in [5.41, 5.74) is 2.56. The maximum Gasteiger partial charge on any atom is 0.198 e. The number of hydroxylamine groups is 2. The third-order valence-corrected chi connectivity index (χ3v) is 8.95. The molecule has 8 heteroatoms. The molecule has 7 nitrogen and oxygen atoms in total. The highest BCUT2D eigenvalue weighted by Gasteiger charge is 2.67. The minimum Gasteiger partial charge on any atom is -0.452 e. The number of hydrogen-bond donors (Lipinski definition) is 2. The molecule has 0 bridgehead atoms. The molecule has 1 aliphatic heterocycles. The second kappa shape index (κ2) is 7.87. The van der Waals surface area contributed by atoms with Crippen molar-refractivity contribution >= 4 is 27.5 Å². The zero-order valence-electron chi connectivity index (χ0n) is 19.8. The van der Waals surface area contributed by atoms with E-state index in [1.807, 2.05) is 26.0 Å². The van der Waals surface area contributed by atoms with Crippen molar-refractivity contribution in [2.45, 2.75) is 64.2 Å². The number of carbonyl (C=O) groups is 2. The lowest BCUT2D eigenvalue weighted by atomic mass is 9.52. The predicted octanol–water partition coefficient (Wildman–Crippen LogP) is 4.07. The highest BCUT2D eigenvalue weighted by Crippen LogP contribution is 2.62. The summed E-state index contributed by atoms with van der Waals surface area (Å²) in [7, 11) is 0. The molecule has 0 amide bonds. The molecular formula is C27H28BrNO6. The van der Waals surface area contributed by atoms with Crippen LogP contribution < -0.4 is 0 Å². The first-order chi connectivity index (χ1) is 16.7. The maximum atomic E-state index is 13.8. The van der Waals surface area contributed by atoms with Crippen molar-refractivity contribution in [2.75, 3.05) is 6.61 Å². The Kier molecular flexibility index (Phi) is 5.21. The monoisotopic (exact) mass is 541 g/mol. The number of rotatable bonds is 4. The molecule has 5 aliphatic rings. The number of Topliss-reactive ketones (excluding diaryl/α,β-unsaturated/α-hetero) is 1. The van der Waals surface area contributed by atoms with Crippen molar-refractivity contribution in [2.24, 2.45) is 11.3 Å². The predicted molar refractivity (Wildman–Crippen MR) is 129 cm³/mol. The van der Waals surface area contributed by atoms with Gasteiger partial charge < -0.3 is 14.6 Å². The van der Waals surface area contributed by atoms with E-state index in [1.165, 1.54) is 11.1 Å². The summed E-state index contributed by atoms with van der Waals surface area (Å²) in [6.45, 7) is 3.20. The summed E-state index contributed by atoms with van der Waals surface area (Å²) in [6, 6.07) is 3.66. The van der Waals surface area contributed by atoms with E-state index < -0.39 is 29.5 Å². The van der Waals surface area contributed by atoms with E-state index in [-0.39, 0.29) is 24.7 Å². The Balaban J connectivity index is 1.59. The van der Waals surface area contributed by atoms with Gasteiger partial charge >= 0.3 is 0 Å². The first kappa shape index (κ1) is 23.2. The summed E-state index contributed by atoms with van der Waals surface area (Å²) in [5, 5.41) is 22.8. The van der Waals surface area contributed by atoms with Gasteiger partial charge in [0.25, 0.3) is 0 Å². The average Bonchev–Trinajstić information content (AvgIpc) is 3.52. The molecule has 0 aromatic carbocycles. The summed E-state index contributed by atoms with van der Waals surface area (Å²) < 4.78 is 6.38. The second-order valence-electron chi connectivity index (χ2n) is 10.5. The number of aliphatic hydroxyl groups is 2. The number of allylic oxidation sites excluding steroid dienone is 3. The van der Waals surface area contributed by atoms with Crippen LogP contribution in [0, 0.1) is 11.3 Å². The molecule has 0 saturated carbocycles. The van der Waals surface area contributed by atoms with Crippen LogP contribution in [0.4, 0.5) is 0 Å². The third-order valence-electron chi connectivity index (χ3n) is 8.53. The van der Waals surface area contributed by atoms with Crippen LogP contribution in [-0.2, 0) is 21.0 Å². The first-order valence-electron chi connectivity index (χ1n) is 12.2. The quantitative estimate of drug-likeness (QED) is 0.592. The van der Waals surface area contributed by atoms with E-state index in [4.69, 9.17) is 9.25 Å². The fraction of sp³-hybridized carbons (Fsp3) is 0.481. The van der Waals surface area contributed by atoms with Gasteiger partial charge in [-0.15, -0.1) is 0 Å². The van der Waals surface area contributed by atoms with Crippen molar-refractivity contribution in [3.8, 4) is 0 Å². The Hall–Kier alpha value is -2.26. The average molecular weight is 542 g/mol. The SMILES string of the molecule is C[C@H]1C=C2C(=O)C=C3C4=C(C5=C(CCC5)C4)N(Cc4ccc(Br)o4)O[C@]3(C(=O)CO)[C@@]2(C)C[C@@H]1O. The molecule has 2 heterocycles. The van der Waals surface area contributed by atoms with Gasteiger partial charge in [0.05, 0.1) is 11.8 Å². The van der Waals surface area contributed by atoms with Gasteiger partial charge in [-0.25, -0.2) is 5.06 Å². The van der Waals surface area contributed by atoms with Crippen molar-refractivity contribution in [3.63, 3.8) is 0 Å². The molecule has 0 unspecified atom stereocenters. The van der Waals surface area contributed by atoms with Crippen LogP contribution in [-0.4, -0.2) is 45.2 Å². The molecule has 0 saturated heterocycles. The second-order valence-corrected chi connectivity index (χ2v) is 11.3. The minimum atomic E-state index is -1.63. The van der Waals surface area contributed by atoms with Crippen LogP contribution >= 0.6 is 15.9 Å². The van der Waals surface area contributed by atoms with E-state index in [0.29, 0.717) is 28.0 Å². The van der Waals surface area contributed by atoms with E-state index in [1.54, 1.807) is 17.2 Å². The van der Waals surface area contributed by atoms with Gasteiger partial charge in [0.15, 0.2) is 21.8 Å². The van der Waals surface area contributed by atoms with Crippen LogP contribution in [0.1, 0.15) is 51.7 Å². The number of hydrogen-bond acceptors (Lipinski definition) is 7. The Bertz CT molecular complexity index is 1280. The molecule has 4 atom stereocenters. The number of nitrogens with zero attached hydrogens (tertiary/aromatic N) is 1. The number of aliphatic hydroxyl groups excluding tert-OH is 2. The summed E-state index contributed by atoms with van der Waals surface area (Å²) in [5.74, 6) is -0.255. The van der Waals surface area contributed by atoms with E-state index in [2.05, 4.69) is 15.9 Å². The van der Waals surface area contributed by atoms with Gasteiger partial charge in [-0.1, -0.05) is 25.5 Å². The summed E-state index contributed by atoms with van der Waals surface area (Å²) >= 11 is 3.36. The van der Waals surface area contributed by atoms with Gasteiger partial charge in [-0.3, -0.25) is 14.4 Å².